The Morgan fingerprint density at radius 2 is 1.95 bits per heavy atom. The highest BCUT2D eigenvalue weighted by atomic mass is 16.5. The Bertz CT molecular complexity index is 363. The second-order valence-corrected chi connectivity index (χ2v) is 5.35. The van der Waals surface area contributed by atoms with Gasteiger partial charge in [0, 0.05) is 26.2 Å². The number of hydrogen-bond donors (Lipinski definition) is 1. The molecular formula is C13H22N2O5. The molecule has 7 nitrogen and oxygen atoms in total. The molecule has 0 aromatic rings. The smallest absolute Gasteiger partial charge is 0.306 e. The maximum atomic E-state index is 12.2. The van der Waals surface area contributed by atoms with Gasteiger partial charge in [-0.3, -0.25) is 14.5 Å². The van der Waals surface area contributed by atoms with Crippen LogP contribution in [0.3, 0.4) is 0 Å². The Labute approximate surface area is 118 Å². The van der Waals surface area contributed by atoms with E-state index in [0.29, 0.717) is 45.9 Å². The zero-order valence-corrected chi connectivity index (χ0v) is 11.8. The molecule has 2 heterocycles. The van der Waals surface area contributed by atoms with Crippen LogP contribution in [0.15, 0.2) is 0 Å². The fraction of sp³-hybridized carbons (Fsp3) is 0.846. The number of carboxylic acid groups (broad SMARTS) is 1. The van der Waals surface area contributed by atoms with Crippen LogP contribution in [0.5, 0.6) is 0 Å². The number of amides is 1. The number of carbonyl (C=O) groups is 2. The molecule has 2 fully saturated rings. The van der Waals surface area contributed by atoms with Gasteiger partial charge in [-0.25, -0.2) is 0 Å². The SMILES string of the molecule is CC1CN(C(=O)CN2CCOC(CC(=O)O)C2)CCO1. The quantitative estimate of drug-likeness (QED) is 0.744. The van der Waals surface area contributed by atoms with Gasteiger partial charge in [0.2, 0.25) is 5.91 Å². The van der Waals surface area contributed by atoms with Gasteiger partial charge in [-0.05, 0) is 6.92 Å². The lowest BCUT2D eigenvalue weighted by Crippen LogP contribution is -2.51. The average Bonchev–Trinajstić information content (AvgIpc) is 2.38. The highest BCUT2D eigenvalue weighted by Crippen LogP contribution is 2.10. The molecule has 1 N–H and O–H groups in total. The van der Waals surface area contributed by atoms with Gasteiger partial charge < -0.3 is 19.5 Å². The van der Waals surface area contributed by atoms with Crippen molar-refractivity contribution in [2.24, 2.45) is 0 Å². The van der Waals surface area contributed by atoms with Crippen molar-refractivity contribution in [1.29, 1.82) is 0 Å². The Morgan fingerprint density at radius 3 is 2.65 bits per heavy atom. The second-order valence-electron chi connectivity index (χ2n) is 5.35. The van der Waals surface area contributed by atoms with Gasteiger partial charge >= 0.3 is 5.97 Å². The van der Waals surface area contributed by atoms with Gasteiger partial charge in [0.25, 0.3) is 0 Å². The first kappa shape index (κ1) is 15.2. The first-order valence-electron chi connectivity index (χ1n) is 6.99. The van der Waals surface area contributed by atoms with Crippen molar-refractivity contribution in [3.63, 3.8) is 0 Å². The Hall–Kier alpha value is -1.18. The molecule has 2 saturated heterocycles. The summed E-state index contributed by atoms with van der Waals surface area (Å²) in [6.45, 7) is 5.76. The van der Waals surface area contributed by atoms with Crippen LogP contribution in [0, 0.1) is 0 Å². The summed E-state index contributed by atoms with van der Waals surface area (Å²) in [5, 5.41) is 8.78. The molecule has 0 aromatic carbocycles. The minimum atomic E-state index is -0.870. The topological polar surface area (TPSA) is 79.3 Å². The van der Waals surface area contributed by atoms with Crippen LogP contribution in [0.4, 0.5) is 0 Å². The largest absolute Gasteiger partial charge is 0.481 e. The molecule has 2 unspecified atom stereocenters. The van der Waals surface area contributed by atoms with Gasteiger partial charge in [0.1, 0.15) is 0 Å². The van der Waals surface area contributed by atoms with E-state index in [4.69, 9.17) is 14.6 Å². The fourth-order valence-electron chi connectivity index (χ4n) is 2.58. The van der Waals surface area contributed by atoms with Crippen LogP contribution in [-0.4, -0.2) is 84.9 Å². The first-order chi connectivity index (χ1) is 9.54. The highest BCUT2D eigenvalue weighted by Gasteiger charge is 2.27. The average molecular weight is 286 g/mol. The van der Waals surface area contributed by atoms with E-state index in [0.717, 1.165) is 0 Å². The molecule has 114 valence electrons. The van der Waals surface area contributed by atoms with E-state index >= 15 is 0 Å². The molecule has 0 aliphatic carbocycles. The van der Waals surface area contributed by atoms with E-state index < -0.39 is 5.97 Å². The summed E-state index contributed by atoms with van der Waals surface area (Å²) in [6.07, 6.45) is -0.256. The van der Waals surface area contributed by atoms with Crippen LogP contribution in [0.1, 0.15) is 13.3 Å². The predicted molar refractivity (Wildman–Crippen MR) is 70.4 cm³/mol. The summed E-state index contributed by atoms with van der Waals surface area (Å²) >= 11 is 0. The highest BCUT2D eigenvalue weighted by molar-refractivity contribution is 5.78. The van der Waals surface area contributed by atoms with Crippen molar-refractivity contribution in [3.8, 4) is 0 Å². The van der Waals surface area contributed by atoms with Crippen molar-refractivity contribution < 1.29 is 24.2 Å². The molecule has 2 aliphatic rings. The summed E-state index contributed by atoms with van der Waals surface area (Å²) in [4.78, 5) is 26.7. The molecule has 0 spiro atoms. The van der Waals surface area contributed by atoms with Gasteiger partial charge in [-0.1, -0.05) is 0 Å². The molecule has 7 heteroatoms. The number of morpholine rings is 2. The van der Waals surface area contributed by atoms with E-state index in [1.54, 1.807) is 0 Å². The van der Waals surface area contributed by atoms with Crippen molar-refractivity contribution in [3.05, 3.63) is 0 Å². The van der Waals surface area contributed by atoms with Gasteiger partial charge in [0.05, 0.1) is 38.4 Å². The van der Waals surface area contributed by atoms with E-state index in [1.165, 1.54) is 0 Å². The van der Waals surface area contributed by atoms with Crippen LogP contribution in [0.2, 0.25) is 0 Å². The molecule has 0 saturated carbocycles. The lowest BCUT2D eigenvalue weighted by atomic mass is 10.2. The van der Waals surface area contributed by atoms with Crippen LogP contribution >= 0.6 is 0 Å². The lowest BCUT2D eigenvalue weighted by molar-refractivity contribution is -0.144. The molecule has 20 heavy (non-hydrogen) atoms. The normalized spacial score (nSPS) is 28.4. The maximum absolute atomic E-state index is 12.2. The summed E-state index contributed by atoms with van der Waals surface area (Å²) in [7, 11) is 0. The van der Waals surface area contributed by atoms with Crippen molar-refractivity contribution in [2.45, 2.75) is 25.6 Å². The lowest BCUT2D eigenvalue weighted by Gasteiger charge is -2.35. The molecular weight excluding hydrogens is 264 g/mol. The minimum absolute atomic E-state index is 0.0146. The summed E-state index contributed by atoms with van der Waals surface area (Å²) in [5.74, 6) is -0.790. The Balaban J connectivity index is 1.79. The zero-order valence-electron chi connectivity index (χ0n) is 11.8. The predicted octanol–water partition coefficient (Wildman–Crippen LogP) is -0.591. The summed E-state index contributed by atoms with van der Waals surface area (Å²) in [5.41, 5.74) is 0. The summed E-state index contributed by atoms with van der Waals surface area (Å²) in [6, 6.07) is 0. The zero-order chi connectivity index (χ0) is 14.5. The van der Waals surface area contributed by atoms with Crippen molar-refractivity contribution in [2.75, 3.05) is 45.9 Å². The Morgan fingerprint density at radius 1 is 1.20 bits per heavy atom. The number of aliphatic carboxylic acids is 1. The van der Waals surface area contributed by atoms with Crippen LogP contribution in [-0.2, 0) is 19.1 Å². The second kappa shape index (κ2) is 7.01. The molecule has 0 radical (unpaired) electrons. The molecule has 1 amide bonds. The summed E-state index contributed by atoms with van der Waals surface area (Å²) < 4.78 is 10.8. The fourth-order valence-corrected chi connectivity index (χ4v) is 2.58. The number of nitrogens with zero attached hydrogens (tertiary/aromatic N) is 2. The van der Waals surface area contributed by atoms with Crippen LogP contribution in [0.25, 0.3) is 0 Å². The van der Waals surface area contributed by atoms with E-state index in [2.05, 4.69) is 0 Å². The standard InChI is InChI=1S/C13H22N2O5/c1-10-7-15(3-5-19-10)12(16)9-14-2-4-20-11(8-14)6-13(17)18/h10-11H,2-9H2,1H3,(H,17,18). The maximum Gasteiger partial charge on any atom is 0.306 e. The monoisotopic (exact) mass is 286 g/mol. The number of hydrogen-bond acceptors (Lipinski definition) is 5. The van der Waals surface area contributed by atoms with E-state index in [-0.39, 0.29) is 24.5 Å². The number of ether oxygens (including phenoxy) is 2. The minimum Gasteiger partial charge on any atom is -0.481 e. The van der Waals surface area contributed by atoms with E-state index in [9.17, 15) is 9.59 Å². The van der Waals surface area contributed by atoms with E-state index in [1.807, 2.05) is 16.7 Å². The molecule has 2 rings (SSSR count). The third-order valence-electron chi connectivity index (χ3n) is 3.58. The van der Waals surface area contributed by atoms with Gasteiger partial charge in [-0.2, -0.15) is 0 Å². The van der Waals surface area contributed by atoms with Gasteiger partial charge in [0.15, 0.2) is 0 Å². The molecule has 2 atom stereocenters. The molecule has 2 aliphatic heterocycles. The molecule has 0 bridgehead atoms. The van der Waals surface area contributed by atoms with Crippen molar-refractivity contribution in [1.82, 2.24) is 9.80 Å². The number of carboxylic acids is 1. The third kappa shape index (κ3) is 4.43. The van der Waals surface area contributed by atoms with Gasteiger partial charge in [-0.15, -0.1) is 0 Å². The number of carbonyl (C=O) groups excluding carboxylic acids is 1. The Kier molecular flexibility index (Phi) is 5.33. The van der Waals surface area contributed by atoms with Crippen molar-refractivity contribution >= 4 is 11.9 Å². The number of rotatable bonds is 4. The molecule has 0 aromatic heterocycles. The van der Waals surface area contributed by atoms with Crippen LogP contribution < -0.4 is 0 Å². The third-order valence-corrected chi connectivity index (χ3v) is 3.58. The first-order valence-corrected chi connectivity index (χ1v) is 6.99.